The van der Waals surface area contributed by atoms with Crippen molar-refractivity contribution in [2.45, 2.75) is 0 Å². The number of hydrogen-bond acceptors (Lipinski definition) is 2. The van der Waals surface area contributed by atoms with Gasteiger partial charge in [0.05, 0.1) is 6.57 Å². The Morgan fingerprint density at radius 3 is 3.08 bits per heavy atom. The summed E-state index contributed by atoms with van der Waals surface area (Å²) in [4.78, 5) is 7.13. The molecule has 2 rings (SSSR count). The predicted molar refractivity (Wildman–Crippen MR) is 45.3 cm³/mol. The lowest BCUT2D eigenvalue weighted by molar-refractivity contribution is 0.604. The smallest absolute Gasteiger partial charge is 0.293 e. The molecule has 58 valence electrons. The summed E-state index contributed by atoms with van der Waals surface area (Å²) in [5.74, 6) is 0. The summed E-state index contributed by atoms with van der Waals surface area (Å²) in [6.07, 6.45) is 0. The van der Waals surface area contributed by atoms with Crippen LogP contribution < -0.4 is 0 Å². The van der Waals surface area contributed by atoms with Crippen LogP contribution in [0.2, 0.25) is 5.35 Å². The van der Waals surface area contributed by atoms with Crippen LogP contribution in [0.3, 0.4) is 0 Å². The van der Waals surface area contributed by atoms with Crippen LogP contribution in [0.1, 0.15) is 0 Å². The number of oxazole rings is 1. The number of halogens is 1. The molecule has 1 heterocycles. The topological polar surface area (TPSA) is 30.4 Å². The van der Waals surface area contributed by atoms with Gasteiger partial charge in [-0.1, -0.05) is 6.07 Å². The fourth-order valence-electron chi connectivity index (χ4n) is 0.957. The third-order valence-corrected chi connectivity index (χ3v) is 1.64. The van der Waals surface area contributed by atoms with E-state index in [9.17, 15) is 0 Å². The highest BCUT2D eigenvalue weighted by Gasteiger charge is 2.02. The van der Waals surface area contributed by atoms with Crippen molar-refractivity contribution in [3.05, 3.63) is 35.0 Å². The molecule has 0 saturated heterocycles. The van der Waals surface area contributed by atoms with Gasteiger partial charge in [-0.15, -0.1) is 0 Å². The third-order valence-electron chi connectivity index (χ3n) is 1.47. The molecule has 0 fully saturated rings. The van der Waals surface area contributed by atoms with E-state index in [1.54, 1.807) is 18.2 Å². The van der Waals surface area contributed by atoms with E-state index >= 15 is 0 Å². The Labute approximate surface area is 73.4 Å². The summed E-state index contributed by atoms with van der Waals surface area (Å²) in [5.41, 5.74) is 1.76. The van der Waals surface area contributed by atoms with Gasteiger partial charge in [0.15, 0.2) is 11.3 Å². The number of benzene rings is 1. The van der Waals surface area contributed by atoms with Crippen LogP contribution in [0.5, 0.6) is 0 Å². The summed E-state index contributed by atoms with van der Waals surface area (Å²) in [6.45, 7) is 6.76. The van der Waals surface area contributed by atoms with Crippen molar-refractivity contribution in [1.29, 1.82) is 0 Å². The first-order valence-corrected chi connectivity index (χ1v) is 3.61. The summed E-state index contributed by atoms with van der Waals surface area (Å²) in [7, 11) is 0. The maximum atomic E-state index is 6.76. The number of aromatic nitrogens is 1. The van der Waals surface area contributed by atoms with E-state index in [2.05, 4.69) is 9.83 Å². The van der Waals surface area contributed by atoms with Crippen molar-refractivity contribution < 1.29 is 4.42 Å². The van der Waals surface area contributed by atoms with Crippen molar-refractivity contribution in [2.75, 3.05) is 0 Å². The second-order valence-corrected chi connectivity index (χ2v) is 2.55. The van der Waals surface area contributed by atoms with Crippen LogP contribution in [0.25, 0.3) is 15.9 Å². The fourth-order valence-corrected chi connectivity index (χ4v) is 1.13. The second-order valence-electron chi connectivity index (χ2n) is 2.23. The summed E-state index contributed by atoms with van der Waals surface area (Å²) >= 11 is 5.52. The van der Waals surface area contributed by atoms with E-state index in [0.717, 1.165) is 0 Å². The zero-order chi connectivity index (χ0) is 8.55. The highest BCUT2D eigenvalue weighted by Crippen LogP contribution is 2.23. The molecule has 4 heteroatoms. The molecule has 0 bridgehead atoms. The normalized spacial score (nSPS) is 10.0. The molecule has 0 aliphatic heterocycles. The molecule has 0 unspecified atom stereocenters. The molecular weight excluding hydrogens is 176 g/mol. The number of nitrogens with zero attached hydrogens (tertiary/aromatic N) is 2. The van der Waals surface area contributed by atoms with E-state index < -0.39 is 0 Å². The zero-order valence-electron chi connectivity index (χ0n) is 5.91. The second kappa shape index (κ2) is 2.50. The van der Waals surface area contributed by atoms with Crippen LogP contribution in [-0.4, -0.2) is 4.98 Å². The zero-order valence-corrected chi connectivity index (χ0v) is 6.67. The van der Waals surface area contributed by atoms with Crippen molar-refractivity contribution in [2.24, 2.45) is 0 Å². The minimum absolute atomic E-state index is 0.104. The molecule has 0 N–H and O–H groups in total. The monoisotopic (exact) mass is 178 g/mol. The van der Waals surface area contributed by atoms with Gasteiger partial charge < -0.3 is 4.42 Å². The maximum Gasteiger partial charge on any atom is 0.293 e. The molecule has 3 nitrogen and oxygen atoms in total. The van der Waals surface area contributed by atoms with Gasteiger partial charge in [0, 0.05) is 0 Å². The number of hydrogen-bond donors (Lipinski definition) is 0. The average molecular weight is 179 g/mol. The molecule has 2 aromatic rings. The first-order valence-electron chi connectivity index (χ1n) is 3.23. The number of rotatable bonds is 0. The van der Waals surface area contributed by atoms with Gasteiger partial charge in [0.1, 0.15) is 5.52 Å². The van der Waals surface area contributed by atoms with Crippen LogP contribution in [-0.2, 0) is 0 Å². The molecule has 0 aliphatic carbocycles. The Hall–Kier alpha value is -1.53. The van der Waals surface area contributed by atoms with E-state index in [1.165, 1.54) is 0 Å². The Bertz CT molecular complexity index is 469. The lowest BCUT2D eigenvalue weighted by atomic mass is 10.3. The van der Waals surface area contributed by atoms with Crippen LogP contribution in [0, 0.1) is 6.57 Å². The van der Waals surface area contributed by atoms with E-state index in [0.29, 0.717) is 16.8 Å². The van der Waals surface area contributed by atoms with E-state index in [1.807, 2.05) is 0 Å². The first kappa shape index (κ1) is 7.14. The molecular formula is C8H3ClN2O. The van der Waals surface area contributed by atoms with E-state index in [-0.39, 0.29) is 5.35 Å². The predicted octanol–water partition coefficient (Wildman–Crippen LogP) is 3.03. The fraction of sp³-hybridized carbons (Fsp3) is 0. The molecule has 1 aromatic carbocycles. The van der Waals surface area contributed by atoms with Crippen LogP contribution in [0.15, 0.2) is 22.6 Å². The van der Waals surface area contributed by atoms with E-state index in [4.69, 9.17) is 22.6 Å². The largest absolute Gasteiger partial charge is 0.428 e. The SMILES string of the molecule is [C-]#[N+]c1ccc2oc(Cl)nc2c1. The van der Waals surface area contributed by atoms with Gasteiger partial charge in [-0.05, 0) is 23.7 Å². The highest BCUT2D eigenvalue weighted by atomic mass is 35.5. The number of fused-ring (bicyclic) bond motifs is 1. The minimum Gasteiger partial charge on any atom is -0.428 e. The molecule has 1 aromatic heterocycles. The lowest BCUT2D eigenvalue weighted by Crippen LogP contribution is -1.65. The molecule has 0 aliphatic rings. The van der Waals surface area contributed by atoms with Crippen molar-refractivity contribution in [3.8, 4) is 0 Å². The lowest BCUT2D eigenvalue weighted by Gasteiger charge is -1.85. The summed E-state index contributed by atoms with van der Waals surface area (Å²) < 4.78 is 5.02. The molecule has 12 heavy (non-hydrogen) atoms. The minimum atomic E-state index is 0.104. The van der Waals surface area contributed by atoms with Gasteiger partial charge in [0.25, 0.3) is 5.35 Å². The average Bonchev–Trinajstić information content (AvgIpc) is 2.43. The summed E-state index contributed by atoms with van der Waals surface area (Å²) in [6, 6.07) is 4.98. The van der Waals surface area contributed by atoms with Gasteiger partial charge in [-0.25, -0.2) is 9.83 Å². The van der Waals surface area contributed by atoms with Crippen LogP contribution >= 0.6 is 11.6 Å². The van der Waals surface area contributed by atoms with Crippen molar-refractivity contribution in [3.63, 3.8) is 0 Å². The first-order chi connectivity index (χ1) is 5.79. The molecule has 0 saturated carbocycles. The molecule has 0 atom stereocenters. The third kappa shape index (κ3) is 1.03. The van der Waals surface area contributed by atoms with Crippen LogP contribution in [0.4, 0.5) is 5.69 Å². The quantitative estimate of drug-likeness (QED) is 0.581. The Morgan fingerprint density at radius 2 is 2.33 bits per heavy atom. The maximum absolute atomic E-state index is 6.76. The Morgan fingerprint density at radius 1 is 1.50 bits per heavy atom. The van der Waals surface area contributed by atoms with Gasteiger partial charge in [-0.3, -0.25) is 0 Å². The van der Waals surface area contributed by atoms with Crippen molar-refractivity contribution >= 4 is 28.4 Å². The Balaban J connectivity index is 2.77. The van der Waals surface area contributed by atoms with Crippen molar-refractivity contribution in [1.82, 2.24) is 4.98 Å². The highest BCUT2D eigenvalue weighted by molar-refractivity contribution is 6.28. The molecule has 0 radical (unpaired) electrons. The molecule has 0 amide bonds. The van der Waals surface area contributed by atoms with Gasteiger partial charge in [-0.2, -0.15) is 0 Å². The van der Waals surface area contributed by atoms with Gasteiger partial charge in [0.2, 0.25) is 0 Å². The Kier molecular flexibility index (Phi) is 1.49. The standard InChI is InChI=1S/C8H3ClN2O/c1-10-5-2-3-7-6(4-5)11-8(9)12-7/h2-4H. The summed E-state index contributed by atoms with van der Waals surface area (Å²) in [5, 5.41) is 0.104. The van der Waals surface area contributed by atoms with Gasteiger partial charge >= 0.3 is 0 Å². The molecule has 0 spiro atoms.